The monoisotopic (exact) mass is 280 g/mol. The molecule has 0 saturated carbocycles. The molecule has 0 aliphatic carbocycles. The molecule has 0 spiro atoms. The second-order valence-electron chi connectivity index (χ2n) is 4.67. The van der Waals surface area contributed by atoms with Crippen molar-refractivity contribution in [3.63, 3.8) is 0 Å². The van der Waals surface area contributed by atoms with Crippen LogP contribution in [-0.2, 0) is 6.54 Å². The van der Waals surface area contributed by atoms with Gasteiger partial charge in [-0.2, -0.15) is 0 Å². The fraction of sp³-hybridized carbons (Fsp3) is 0.125. The third-order valence-electron chi connectivity index (χ3n) is 3.28. The number of benzene rings is 1. The van der Waals surface area contributed by atoms with Crippen molar-refractivity contribution in [2.45, 2.75) is 6.54 Å². The summed E-state index contributed by atoms with van der Waals surface area (Å²) in [4.78, 5) is 8.42. The van der Waals surface area contributed by atoms with E-state index in [2.05, 4.69) is 15.3 Å². The Hall–Kier alpha value is -2.82. The fourth-order valence-corrected chi connectivity index (χ4v) is 2.22. The van der Waals surface area contributed by atoms with Gasteiger partial charge in [0.05, 0.1) is 30.2 Å². The van der Waals surface area contributed by atoms with Gasteiger partial charge in [-0.15, -0.1) is 0 Å². The molecule has 3 aromatic rings. The summed E-state index contributed by atoms with van der Waals surface area (Å²) < 4.78 is 5.13. The summed E-state index contributed by atoms with van der Waals surface area (Å²) in [5, 5.41) is 4.39. The Bertz CT molecular complexity index is 773. The molecule has 0 radical (unpaired) electrons. The second-order valence-corrected chi connectivity index (χ2v) is 4.67. The second kappa shape index (κ2) is 5.66. The zero-order valence-corrected chi connectivity index (χ0v) is 11.7. The van der Waals surface area contributed by atoms with E-state index in [-0.39, 0.29) is 0 Å². The number of rotatable bonds is 4. The lowest BCUT2D eigenvalue weighted by Crippen LogP contribution is -2.04. The average Bonchev–Trinajstić information content (AvgIpc) is 2.54. The summed E-state index contributed by atoms with van der Waals surface area (Å²) in [5.74, 6) is 0.599. The molecule has 0 fully saturated rings. The van der Waals surface area contributed by atoms with Gasteiger partial charge in [-0.3, -0.25) is 4.98 Å². The van der Waals surface area contributed by atoms with Crippen molar-refractivity contribution >= 4 is 22.3 Å². The summed E-state index contributed by atoms with van der Waals surface area (Å²) in [7, 11) is 1.61. The topological polar surface area (TPSA) is 73.1 Å². The number of methoxy groups -OCH3 is 1. The van der Waals surface area contributed by atoms with Crippen LogP contribution in [0.3, 0.4) is 0 Å². The van der Waals surface area contributed by atoms with Crippen LogP contribution in [0.25, 0.3) is 10.9 Å². The highest BCUT2D eigenvalue weighted by atomic mass is 16.5. The molecule has 0 aliphatic rings. The van der Waals surface area contributed by atoms with Crippen molar-refractivity contribution in [3.05, 3.63) is 54.4 Å². The van der Waals surface area contributed by atoms with Gasteiger partial charge in [-0.05, 0) is 17.7 Å². The molecular formula is C16H16N4O. The lowest BCUT2D eigenvalue weighted by atomic mass is 10.1. The maximum Gasteiger partial charge on any atom is 0.213 e. The van der Waals surface area contributed by atoms with E-state index in [9.17, 15) is 0 Å². The molecule has 5 nitrogen and oxygen atoms in total. The Morgan fingerprint density at radius 1 is 1.19 bits per heavy atom. The lowest BCUT2D eigenvalue weighted by Gasteiger charge is -2.12. The predicted octanol–water partition coefficient (Wildman–Crippen LogP) is 2.83. The van der Waals surface area contributed by atoms with Crippen molar-refractivity contribution in [3.8, 4) is 5.88 Å². The molecule has 0 atom stereocenters. The van der Waals surface area contributed by atoms with E-state index in [0.29, 0.717) is 18.1 Å². The van der Waals surface area contributed by atoms with Gasteiger partial charge in [0, 0.05) is 24.2 Å². The van der Waals surface area contributed by atoms with Crippen molar-refractivity contribution in [1.29, 1.82) is 0 Å². The number of anilines is 2. The summed E-state index contributed by atoms with van der Waals surface area (Å²) >= 11 is 0. The van der Waals surface area contributed by atoms with Crippen LogP contribution in [0.4, 0.5) is 11.4 Å². The van der Waals surface area contributed by atoms with Crippen molar-refractivity contribution in [1.82, 2.24) is 9.97 Å². The molecule has 0 aliphatic heterocycles. The molecule has 0 saturated heterocycles. The number of nitrogen functional groups attached to an aromatic ring is 1. The number of aromatic nitrogens is 2. The molecule has 3 rings (SSSR count). The van der Waals surface area contributed by atoms with Crippen molar-refractivity contribution in [2.75, 3.05) is 18.2 Å². The molecule has 2 aromatic heterocycles. The van der Waals surface area contributed by atoms with Crippen LogP contribution in [0.1, 0.15) is 5.56 Å². The van der Waals surface area contributed by atoms with Gasteiger partial charge in [0.15, 0.2) is 0 Å². The smallest absolute Gasteiger partial charge is 0.213 e. The molecule has 2 heterocycles. The molecular weight excluding hydrogens is 264 g/mol. The molecule has 0 unspecified atom stereocenters. The highest BCUT2D eigenvalue weighted by Crippen LogP contribution is 2.28. The van der Waals surface area contributed by atoms with Crippen molar-refractivity contribution < 1.29 is 4.74 Å². The first-order valence-corrected chi connectivity index (χ1v) is 6.64. The molecule has 1 aromatic carbocycles. The number of nitrogens with one attached hydrogen (secondary N) is 1. The minimum atomic E-state index is 0.599. The normalized spacial score (nSPS) is 10.5. The number of hydrogen-bond acceptors (Lipinski definition) is 5. The van der Waals surface area contributed by atoms with Crippen LogP contribution in [0.15, 0.2) is 48.8 Å². The minimum absolute atomic E-state index is 0.599. The maximum absolute atomic E-state index is 6.04. The van der Waals surface area contributed by atoms with E-state index >= 15 is 0 Å². The molecule has 21 heavy (non-hydrogen) atoms. The minimum Gasteiger partial charge on any atom is -0.481 e. The highest BCUT2D eigenvalue weighted by molar-refractivity contribution is 5.96. The number of pyridine rings is 2. The molecule has 0 amide bonds. The summed E-state index contributed by atoms with van der Waals surface area (Å²) in [5.41, 5.74) is 9.57. The van der Waals surface area contributed by atoms with E-state index < -0.39 is 0 Å². The number of nitrogens with two attached hydrogens (primary N) is 1. The van der Waals surface area contributed by atoms with Gasteiger partial charge in [-0.25, -0.2) is 4.98 Å². The van der Waals surface area contributed by atoms with E-state index in [4.69, 9.17) is 10.5 Å². The Morgan fingerprint density at radius 3 is 2.90 bits per heavy atom. The lowest BCUT2D eigenvalue weighted by molar-refractivity contribution is 0.397. The first-order valence-electron chi connectivity index (χ1n) is 6.64. The summed E-state index contributed by atoms with van der Waals surface area (Å²) in [6.07, 6.45) is 3.40. The Kier molecular flexibility index (Phi) is 3.55. The van der Waals surface area contributed by atoms with Crippen molar-refractivity contribution in [2.24, 2.45) is 0 Å². The zero-order valence-electron chi connectivity index (χ0n) is 11.7. The highest BCUT2D eigenvalue weighted by Gasteiger charge is 2.06. The van der Waals surface area contributed by atoms with E-state index in [1.807, 2.05) is 36.4 Å². The Balaban J connectivity index is 1.89. The number of ether oxygens (including phenoxy) is 1. The van der Waals surface area contributed by atoms with Crippen LogP contribution in [0.2, 0.25) is 0 Å². The largest absolute Gasteiger partial charge is 0.481 e. The SMILES string of the molecule is COc1cc(CNc2c(N)cnc3ccccc23)ccn1. The first kappa shape index (κ1) is 13.2. The third-order valence-corrected chi connectivity index (χ3v) is 3.28. The van der Waals surface area contributed by atoms with E-state index in [0.717, 1.165) is 22.2 Å². The molecule has 106 valence electrons. The van der Waals surface area contributed by atoms with Gasteiger partial charge >= 0.3 is 0 Å². The van der Waals surface area contributed by atoms with Gasteiger partial charge in [0.25, 0.3) is 0 Å². The number of hydrogen-bond donors (Lipinski definition) is 2. The van der Waals surface area contributed by atoms with E-state index in [1.54, 1.807) is 19.5 Å². The van der Waals surface area contributed by atoms with Gasteiger partial charge in [0.2, 0.25) is 5.88 Å². The Morgan fingerprint density at radius 2 is 2.05 bits per heavy atom. The predicted molar refractivity (Wildman–Crippen MR) is 84.3 cm³/mol. The van der Waals surface area contributed by atoms with Gasteiger partial charge < -0.3 is 15.8 Å². The Labute approximate surface area is 122 Å². The first-order chi connectivity index (χ1) is 10.3. The number of para-hydroxylation sites is 1. The van der Waals surface area contributed by atoms with Crippen LogP contribution < -0.4 is 15.8 Å². The van der Waals surface area contributed by atoms with Crippen LogP contribution >= 0.6 is 0 Å². The molecule has 3 N–H and O–H groups in total. The average molecular weight is 280 g/mol. The third kappa shape index (κ3) is 2.72. The summed E-state index contributed by atoms with van der Waals surface area (Å²) in [6.45, 7) is 0.636. The maximum atomic E-state index is 6.04. The van der Waals surface area contributed by atoms with Gasteiger partial charge in [0.1, 0.15) is 0 Å². The van der Waals surface area contributed by atoms with Crippen LogP contribution in [0.5, 0.6) is 5.88 Å². The molecule has 5 heteroatoms. The summed E-state index contributed by atoms with van der Waals surface area (Å²) in [6, 6.07) is 11.7. The van der Waals surface area contributed by atoms with Crippen LogP contribution in [-0.4, -0.2) is 17.1 Å². The fourth-order valence-electron chi connectivity index (χ4n) is 2.22. The van der Waals surface area contributed by atoms with Crippen LogP contribution in [0, 0.1) is 0 Å². The quantitative estimate of drug-likeness (QED) is 0.768. The zero-order chi connectivity index (χ0) is 14.7. The number of nitrogens with zero attached hydrogens (tertiary/aromatic N) is 2. The van der Waals surface area contributed by atoms with E-state index in [1.165, 1.54) is 0 Å². The number of fused-ring (bicyclic) bond motifs is 1. The standard InChI is InChI=1S/C16H16N4O/c1-21-15-8-11(6-7-18-15)9-20-16-12-4-2-3-5-14(12)19-10-13(16)17/h2-8,10H,9,17H2,1H3,(H,19,20). The van der Waals surface area contributed by atoms with Gasteiger partial charge in [-0.1, -0.05) is 18.2 Å². The molecule has 0 bridgehead atoms.